The average Bonchev–Trinajstić information content (AvgIpc) is 2.73. The van der Waals surface area contributed by atoms with Crippen LogP contribution in [0.25, 0.3) is 5.57 Å². The largest absolute Gasteiger partial charge is 0.378 e. The molecular formula is C27H44ClN3O. The van der Waals surface area contributed by atoms with Crippen molar-refractivity contribution >= 4 is 29.4 Å². The molecule has 0 bridgehead atoms. The Morgan fingerprint density at radius 1 is 0.906 bits per heavy atom. The van der Waals surface area contributed by atoms with Crippen LogP contribution in [0.5, 0.6) is 0 Å². The Morgan fingerprint density at radius 3 is 2.22 bits per heavy atom. The van der Waals surface area contributed by atoms with Crippen molar-refractivity contribution in [2.24, 2.45) is 10.8 Å². The third kappa shape index (κ3) is 6.01. The first-order valence-electron chi connectivity index (χ1n) is 12.4. The van der Waals surface area contributed by atoms with Gasteiger partial charge >= 0.3 is 0 Å². The number of piperazine rings is 1. The first kappa shape index (κ1) is 25.4. The van der Waals surface area contributed by atoms with E-state index in [9.17, 15) is 0 Å². The monoisotopic (exact) mass is 461 g/mol. The van der Waals surface area contributed by atoms with Crippen LogP contribution in [0.1, 0.15) is 59.4 Å². The zero-order valence-electron chi connectivity index (χ0n) is 21.0. The second kappa shape index (κ2) is 10.4. The molecule has 180 valence electrons. The van der Waals surface area contributed by atoms with E-state index in [1.54, 1.807) is 5.57 Å². The Kier molecular flexibility index (Phi) is 8.22. The minimum atomic E-state index is 0. The molecule has 2 fully saturated rings. The van der Waals surface area contributed by atoms with Gasteiger partial charge in [0.1, 0.15) is 0 Å². The topological polar surface area (TPSA) is 19.0 Å². The van der Waals surface area contributed by atoms with Crippen molar-refractivity contribution in [1.29, 1.82) is 0 Å². The predicted octanol–water partition coefficient (Wildman–Crippen LogP) is 5.71. The highest BCUT2D eigenvalue weighted by Gasteiger charge is 2.35. The zero-order chi connectivity index (χ0) is 22.1. The summed E-state index contributed by atoms with van der Waals surface area (Å²) < 4.78 is 5.61. The molecule has 0 saturated carbocycles. The van der Waals surface area contributed by atoms with Crippen LogP contribution in [0.2, 0.25) is 0 Å². The van der Waals surface area contributed by atoms with Gasteiger partial charge in [0, 0.05) is 56.2 Å². The van der Waals surface area contributed by atoms with Crippen LogP contribution in [-0.2, 0) is 4.74 Å². The van der Waals surface area contributed by atoms with E-state index in [2.05, 4.69) is 73.6 Å². The number of nitrogens with zero attached hydrogens (tertiary/aromatic N) is 3. The Balaban J connectivity index is 0.00000289. The molecule has 0 atom stereocenters. The van der Waals surface area contributed by atoms with Crippen molar-refractivity contribution in [3.63, 3.8) is 0 Å². The molecule has 0 unspecified atom stereocenters. The summed E-state index contributed by atoms with van der Waals surface area (Å²) in [4.78, 5) is 7.75. The van der Waals surface area contributed by atoms with Crippen LogP contribution in [0.4, 0.5) is 11.4 Å². The van der Waals surface area contributed by atoms with Crippen molar-refractivity contribution in [1.82, 2.24) is 4.90 Å². The summed E-state index contributed by atoms with van der Waals surface area (Å²) >= 11 is 0. The van der Waals surface area contributed by atoms with Crippen LogP contribution in [-0.4, -0.2) is 63.9 Å². The molecule has 2 heterocycles. The smallest absolute Gasteiger partial charge is 0.0642 e. The normalized spacial score (nSPS) is 23.5. The van der Waals surface area contributed by atoms with Gasteiger partial charge in [-0.2, -0.15) is 0 Å². The third-order valence-electron chi connectivity index (χ3n) is 7.12. The fourth-order valence-corrected chi connectivity index (χ4v) is 6.16. The van der Waals surface area contributed by atoms with E-state index in [-0.39, 0.29) is 17.8 Å². The lowest BCUT2D eigenvalue weighted by molar-refractivity contribution is 0.122. The molecule has 0 aromatic heterocycles. The summed E-state index contributed by atoms with van der Waals surface area (Å²) in [6.07, 6.45) is 6.23. The molecular weight excluding hydrogens is 418 g/mol. The molecule has 4 rings (SSSR count). The van der Waals surface area contributed by atoms with Gasteiger partial charge in [-0.1, -0.05) is 40.7 Å². The van der Waals surface area contributed by atoms with E-state index in [4.69, 9.17) is 4.74 Å². The van der Waals surface area contributed by atoms with Crippen molar-refractivity contribution in [2.75, 3.05) is 68.8 Å². The molecule has 1 aliphatic carbocycles. The minimum Gasteiger partial charge on any atom is -0.378 e. The Hall–Kier alpha value is -1.23. The van der Waals surface area contributed by atoms with Crippen molar-refractivity contribution < 1.29 is 4.74 Å². The number of hydrogen-bond acceptors (Lipinski definition) is 4. The number of ether oxygens (including phenoxy) is 1. The highest BCUT2D eigenvalue weighted by atomic mass is 35.5. The van der Waals surface area contributed by atoms with Gasteiger partial charge in [0.05, 0.1) is 13.2 Å². The van der Waals surface area contributed by atoms with E-state index in [1.807, 2.05) is 0 Å². The van der Waals surface area contributed by atoms with E-state index in [0.717, 1.165) is 45.8 Å². The highest BCUT2D eigenvalue weighted by Crippen LogP contribution is 2.49. The molecule has 2 saturated heterocycles. The lowest BCUT2D eigenvalue weighted by atomic mass is 9.65. The van der Waals surface area contributed by atoms with Gasteiger partial charge in [0.25, 0.3) is 0 Å². The maximum atomic E-state index is 5.61. The lowest BCUT2D eigenvalue weighted by Crippen LogP contribution is -2.46. The van der Waals surface area contributed by atoms with Gasteiger partial charge in [-0.05, 0) is 60.4 Å². The van der Waals surface area contributed by atoms with Crippen LogP contribution in [0, 0.1) is 10.8 Å². The maximum absolute atomic E-state index is 5.61. The summed E-state index contributed by atoms with van der Waals surface area (Å²) in [5, 5.41) is 0. The minimum absolute atomic E-state index is 0. The quantitative estimate of drug-likeness (QED) is 0.559. The number of halogens is 1. The first-order chi connectivity index (χ1) is 14.8. The Morgan fingerprint density at radius 2 is 1.59 bits per heavy atom. The number of benzene rings is 1. The molecule has 1 aromatic rings. The molecule has 1 aromatic carbocycles. The highest BCUT2D eigenvalue weighted by molar-refractivity contribution is 5.85. The lowest BCUT2D eigenvalue weighted by Gasteiger charge is -2.42. The van der Waals surface area contributed by atoms with Gasteiger partial charge in [-0.15, -0.1) is 12.4 Å². The Labute approximate surface area is 202 Å². The van der Waals surface area contributed by atoms with Crippen LogP contribution >= 0.6 is 12.4 Å². The van der Waals surface area contributed by atoms with Gasteiger partial charge in [-0.25, -0.2) is 0 Å². The molecule has 0 radical (unpaired) electrons. The molecule has 0 N–H and O–H groups in total. The number of anilines is 2. The van der Waals surface area contributed by atoms with Crippen LogP contribution in [0.3, 0.4) is 0 Å². The SMILES string of the molecule is CCCN1CCN(c2ccc(N3CCOCC3)cc2C2=CC(C)(C)CC(C)(C)C2)CC1.Cl. The fourth-order valence-electron chi connectivity index (χ4n) is 6.16. The average molecular weight is 462 g/mol. The molecule has 5 heteroatoms. The van der Waals surface area contributed by atoms with E-state index < -0.39 is 0 Å². The first-order valence-corrected chi connectivity index (χ1v) is 12.4. The predicted molar refractivity (Wildman–Crippen MR) is 140 cm³/mol. The number of hydrogen-bond donors (Lipinski definition) is 0. The molecule has 4 nitrogen and oxygen atoms in total. The second-order valence-electron chi connectivity index (χ2n) is 11.3. The number of allylic oxidation sites excluding steroid dienone is 2. The number of morpholine rings is 1. The van der Waals surface area contributed by atoms with Crippen molar-refractivity contribution in [3.05, 3.63) is 29.8 Å². The molecule has 0 spiro atoms. The molecule has 2 aliphatic heterocycles. The summed E-state index contributed by atoms with van der Waals surface area (Å²) in [5.74, 6) is 0. The van der Waals surface area contributed by atoms with E-state index in [1.165, 1.54) is 49.4 Å². The summed E-state index contributed by atoms with van der Waals surface area (Å²) in [5.41, 5.74) is 6.38. The second-order valence-corrected chi connectivity index (χ2v) is 11.3. The zero-order valence-corrected chi connectivity index (χ0v) is 21.8. The molecule has 0 amide bonds. The number of rotatable bonds is 5. The van der Waals surface area contributed by atoms with Gasteiger partial charge in [0.2, 0.25) is 0 Å². The van der Waals surface area contributed by atoms with E-state index in [0.29, 0.717) is 5.41 Å². The standard InChI is InChI=1S/C27H43N3O.ClH/c1-6-9-28-10-12-30(13-11-28)25-8-7-23(29-14-16-31-17-15-29)18-24(25)22-19-26(2,3)21-27(4,5)20-22;/h7-8,18-19H,6,9-17,20-21H2,1-5H3;1H. The maximum Gasteiger partial charge on any atom is 0.0642 e. The summed E-state index contributed by atoms with van der Waals surface area (Å²) in [6, 6.07) is 7.25. The Bertz CT molecular complexity index is 790. The van der Waals surface area contributed by atoms with Crippen LogP contribution in [0.15, 0.2) is 24.3 Å². The van der Waals surface area contributed by atoms with Crippen molar-refractivity contribution in [3.8, 4) is 0 Å². The molecule has 32 heavy (non-hydrogen) atoms. The van der Waals surface area contributed by atoms with E-state index >= 15 is 0 Å². The van der Waals surface area contributed by atoms with Gasteiger partial charge < -0.3 is 14.5 Å². The third-order valence-corrected chi connectivity index (χ3v) is 7.12. The van der Waals surface area contributed by atoms with Crippen LogP contribution < -0.4 is 9.80 Å². The summed E-state index contributed by atoms with van der Waals surface area (Å²) in [6.45, 7) is 21.5. The molecule has 3 aliphatic rings. The fraction of sp³-hybridized carbons (Fsp3) is 0.704. The summed E-state index contributed by atoms with van der Waals surface area (Å²) in [7, 11) is 0. The van der Waals surface area contributed by atoms with Crippen molar-refractivity contribution in [2.45, 2.75) is 53.9 Å². The van der Waals surface area contributed by atoms with Gasteiger partial charge in [0.15, 0.2) is 0 Å². The van der Waals surface area contributed by atoms with Gasteiger partial charge in [-0.3, -0.25) is 4.90 Å².